The Hall–Kier alpha value is -0.120. The van der Waals surface area contributed by atoms with Crippen molar-refractivity contribution in [3.63, 3.8) is 0 Å². The first-order valence-electron chi connectivity index (χ1n) is 6.77. The van der Waals surface area contributed by atoms with Gasteiger partial charge in [0.1, 0.15) is 6.23 Å². The Balaban J connectivity index is 1.77. The lowest BCUT2D eigenvalue weighted by molar-refractivity contribution is 0.0541. The van der Waals surface area contributed by atoms with Gasteiger partial charge in [-0.3, -0.25) is 5.32 Å². The maximum Gasteiger partial charge on any atom is 0.108 e. The highest BCUT2D eigenvalue weighted by Crippen LogP contribution is 2.24. The highest BCUT2D eigenvalue weighted by molar-refractivity contribution is 4.80. The first-order chi connectivity index (χ1) is 7.65. The molecule has 0 aromatic carbocycles. The molecule has 3 atom stereocenters. The molecule has 3 unspecified atom stereocenters. The second-order valence-corrected chi connectivity index (χ2v) is 5.72. The van der Waals surface area contributed by atoms with E-state index in [-0.39, 0.29) is 0 Å². The summed E-state index contributed by atoms with van der Waals surface area (Å²) in [5.74, 6) is 0.818. The predicted octanol–water partition coefficient (Wildman–Crippen LogP) is 1.83. The summed E-state index contributed by atoms with van der Waals surface area (Å²) in [5, 5.41) is 3.50. The van der Waals surface area contributed by atoms with Crippen LogP contribution in [0, 0.1) is 5.92 Å². The van der Waals surface area contributed by atoms with E-state index in [2.05, 4.69) is 31.0 Å². The van der Waals surface area contributed by atoms with Gasteiger partial charge in [-0.25, -0.2) is 0 Å². The fourth-order valence-corrected chi connectivity index (χ4v) is 2.87. The molecule has 94 valence electrons. The Morgan fingerprint density at radius 2 is 2.25 bits per heavy atom. The zero-order valence-electron chi connectivity index (χ0n) is 10.9. The number of rotatable bonds is 3. The van der Waals surface area contributed by atoms with Crippen molar-refractivity contribution in [1.29, 1.82) is 0 Å². The van der Waals surface area contributed by atoms with Crippen LogP contribution in [0.5, 0.6) is 0 Å². The van der Waals surface area contributed by atoms with Crippen molar-refractivity contribution >= 4 is 0 Å². The molecule has 0 radical (unpaired) electrons. The lowest BCUT2D eigenvalue weighted by Crippen LogP contribution is -2.42. The summed E-state index contributed by atoms with van der Waals surface area (Å²) in [4.78, 5) is 2.60. The van der Waals surface area contributed by atoms with Crippen LogP contribution in [-0.4, -0.2) is 42.9 Å². The Labute approximate surface area is 99.5 Å². The van der Waals surface area contributed by atoms with Gasteiger partial charge in [0.05, 0.1) is 6.61 Å². The number of likely N-dealkylation sites (tertiary alicyclic amines) is 1. The van der Waals surface area contributed by atoms with E-state index in [9.17, 15) is 0 Å². The average molecular weight is 226 g/mol. The van der Waals surface area contributed by atoms with Crippen LogP contribution in [0.4, 0.5) is 0 Å². The number of ether oxygens (including phenoxy) is 1. The average Bonchev–Trinajstić information content (AvgIpc) is 2.64. The first-order valence-corrected chi connectivity index (χ1v) is 6.77. The number of hydrogen-bond acceptors (Lipinski definition) is 3. The van der Waals surface area contributed by atoms with E-state index in [4.69, 9.17) is 4.74 Å². The Morgan fingerprint density at radius 1 is 1.44 bits per heavy atom. The van der Waals surface area contributed by atoms with Crippen molar-refractivity contribution in [2.24, 2.45) is 5.92 Å². The molecule has 2 aliphatic heterocycles. The molecular weight excluding hydrogens is 200 g/mol. The van der Waals surface area contributed by atoms with Crippen LogP contribution in [0.15, 0.2) is 0 Å². The molecule has 2 aliphatic rings. The van der Waals surface area contributed by atoms with Crippen LogP contribution in [-0.2, 0) is 4.74 Å². The standard InChI is InChI=1S/C13H26N2O/c1-10(2)15-6-4-5-12(8-15)7-13-14-11(3)9-16-13/h10-14H,4-9H2,1-3H3. The zero-order chi connectivity index (χ0) is 11.5. The van der Waals surface area contributed by atoms with E-state index in [1.54, 1.807) is 0 Å². The normalized spacial score (nSPS) is 37.1. The van der Waals surface area contributed by atoms with Crippen LogP contribution < -0.4 is 5.32 Å². The molecule has 0 aromatic heterocycles. The molecule has 1 N–H and O–H groups in total. The Morgan fingerprint density at radius 3 is 2.88 bits per heavy atom. The molecular formula is C13H26N2O. The van der Waals surface area contributed by atoms with E-state index in [0.717, 1.165) is 12.5 Å². The van der Waals surface area contributed by atoms with Gasteiger partial charge in [-0.05, 0) is 52.5 Å². The summed E-state index contributed by atoms with van der Waals surface area (Å²) < 4.78 is 5.73. The van der Waals surface area contributed by atoms with Gasteiger partial charge >= 0.3 is 0 Å². The third kappa shape index (κ3) is 3.19. The smallest absolute Gasteiger partial charge is 0.108 e. The lowest BCUT2D eigenvalue weighted by atomic mass is 9.93. The van der Waals surface area contributed by atoms with Crippen molar-refractivity contribution in [2.75, 3.05) is 19.7 Å². The van der Waals surface area contributed by atoms with E-state index >= 15 is 0 Å². The maximum absolute atomic E-state index is 5.73. The van der Waals surface area contributed by atoms with Crippen LogP contribution in [0.1, 0.15) is 40.0 Å². The number of hydrogen-bond donors (Lipinski definition) is 1. The second-order valence-electron chi connectivity index (χ2n) is 5.72. The van der Waals surface area contributed by atoms with E-state index in [1.165, 1.54) is 32.4 Å². The van der Waals surface area contributed by atoms with Gasteiger partial charge < -0.3 is 9.64 Å². The van der Waals surface area contributed by atoms with Crippen molar-refractivity contribution in [3.8, 4) is 0 Å². The van der Waals surface area contributed by atoms with Crippen LogP contribution >= 0.6 is 0 Å². The summed E-state index contributed by atoms with van der Waals surface area (Å²) in [6.07, 6.45) is 4.23. The zero-order valence-corrected chi connectivity index (χ0v) is 10.9. The fraction of sp³-hybridized carbons (Fsp3) is 1.00. The number of piperidine rings is 1. The third-order valence-electron chi connectivity index (χ3n) is 3.85. The van der Waals surface area contributed by atoms with E-state index in [1.807, 2.05) is 0 Å². The molecule has 16 heavy (non-hydrogen) atoms. The molecule has 2 heterocycles. The molecule has 2 fully saturated rings. The van der Waals surface area contributed by atoms with E-state index < -0.39 is 0 Å². The van der Waals surface area contributed by atoms with Gasteiger partial charge in [0.15, 0.2) is 0 Å². The number of nitrogens with zero attached hydrogens (tertiary/aromatic N) is 1. The summed E-state index contributed by atoms with van der Waals surface area (Å²) >= 11 is 0. The van der Waals surface area contributed by atoms with Gasteiger partial charge in [0.2, 0.25) is 0 Å². The van der Waals surface area contributed by atoms with Crippen molar-refractivity contribution in [2.45, 2.75) is 58.3 Å². The van der Waals surface area contributed by atoms with Crippen molar-refractivity contribution < 1.29 is 4.74 Å². The minimum atomic E-state index is 0.312. The van der Waals surface area contributed by atoms with Gasteiger partial charge in [-0.2, -0.15) is 0 Å². The van der Waals surface area contributed by atoms with Crippen molar-refractivity contribution in [3.05, 3.63) is 0 Å². The van der Waals surface area contributed by atoms with Crippen LogP contribution in [0.25, 0.3) is 0 Å². The van der Waals surface area contributed by atoms with Crippen molar-refractivity contribution in [1.82, 2.24) is 10.2 Å². The molecule has 0 spiro atoms. The highest BCUT2D eigenvalue weighted by atomic mass is 16.5. The third-order valence-corrected chi connectivity index (χ3v) is 3.85. The fourth-order valence-electron chi connectivity index (χ4n) is 2.87. The van der Waals surface area contributed by atoms with Crippen LogP contribution in [0.2, 0.25) is 0 Å². The monoisotopic (exact) mass is 226 g/mol. The molecule has 0 amide bonds. The van der Waals surface area contributed by atoms with Crippen LogP contribution in [0.3, 0.4) is 0 Å². The Bertz CT molecular complexity index is 220. The largest absolute Gasteiger partial charge is 0.362 e. The molecule has 2 saturated heterocycles. The first kappa shape index (κ1) is 12.3. The molecule has 0 saturated carbocycles. The minimum absolute atomic E-state index is 0.312. The number of nitrogens with one attached hydrogen (secondary N) is 1. The SMILES string of the molecule is CC1COC(CC2CCCN(C(C)C)C2)N1. The van der Waals surface area contributed by atoms with Gasteiger partial charge in [-0.1, -0.05) is 0 Å². The Kier molecular flexibility index (Phi) is 4.22. The topological polar surface area (TPSA) is 24.5 Å². The predicted molar refractivity (Wildman–Crippen MR) is 66.4 cm³/mol. The quantitative estimate of drug-likeness (QED) is 0.794. The summed E-state index contributed by atoms with van der Waals surface area (Å²) in [7, 11) is 0. The molecule has 0 aliphatic carbocycles. The maximum atomic E-state index is 5.73. The lowest BCUT2D eigenvalue weighted by Gasteiger charge is -2.36. The molecule has 0 aromatic rings. The molecule has 3 heteroatoms. The van der Waals surface area contributed by atoms with Gasteiger partial charge in [0.25, 0.3) is 0 Å². The van der Waals surface area contributed by atoms with Gasteiger partial charge in [-0.15, -0.1) is 0 Å². The second kappa shape index (κ2) is 5.48. The highest BCUT2D eigenvalue weighted by Gasteiger charge is 2.27. The molecule has 0 bridgehead atoms. The summed E-state index contributed by atoms with van der Waals surface area (Å²) in [5.41, 5.74) is 0. The summed E-state index contributed by atoms with van der Waals surface area (Å²) in [6, 6.07) is 1.23. The summed E-state index contributed by atoms with van der Waals surface area (Å²) in [6.45, 7) is 10.2. The van der Waals surface area contributed by atoms with E-state index in [0.29, 0.717) is 18.3 Å². The molecule has 2 rings (SSSR count). The minimum Gasteiger partial charge on any atom is -0.362 e. The molecule has 3 nitrogen and oxygen atoms in total. The van der Waals surface area contributed by atoms with Gasteiger partial charge in [0, 0.05) is 18.6 Å².